The van der Waals surface area contributed by atoms with Crippen molar-refractivity contribution in [3.63, 3.8) is 0 Å². The predicted octanol–water partition coefficient (Wildman–Crippen LogP) is 4.43. The molecule has 3 N–H and O–H groups in total. The fourth-order valence-electron chi connectivity index (χ4n) is 7.31. The summed E-state index contributed by atoms with van der Waals surface area (Å²) in [5.41, 5.74) is -0.0848. The number of carboxylic acid groups (broad SMARTS) is 1. The molecule has 9 heteroatoms. The second kappa shape index (κ2) is 10.9. The summed E-state index contributed by atoms with van der Waals surface area (Å²) in [6.45, 7) is 4.64. The van der Waals surface area contributed by atoms with E-state index in [4.69, 9.17) is 9.47 Å². The summed E-state index contributed by atoms with van der Waals surface area (Å²) in [7, 11) is 1.45. The van der Waals surface area contributed by atoms with Crippen LogP contribution in [0.4, 0.5) is 0 Å². The molecule has 4 atom stereocenters. The Kier molecular flexibility index (Phi) is 7.73. The van der Waals surface area contributed by atoms with Crippen LogP contribution >= 0.6 is 0 Å². The Balaban J connectivity index is 1.31. The molecule has 0 heterocycles. The maximum Gasteiger partial charge on any atom is 0.309 e. The van der Waals surface area contributed by atoms with Crippen LogP contribution in [0, 0.1) is 39.9 Å². The molecule has 40 heavy (non-hydrogen) atoms. The number of aliphatic carboxylic acids is 1. The fraction of sp³-hybridized carbons (Fsp3) is 0.677. The first-order valence-electron chi connectivity index (χ1n) is 14.7. The van der Waals surface area contributed by atoms with Gasteiger partial charge in [0, 0.05) is 18.7 Å². The Bertz CT molecular complexity index is 1210. The summed E-state index contributed by atoms with van der Waals surface area (Å²) in [6.07, 6.45) is 8.20. The predicted molar refractivity (Wildman–Crippen MR) is 147 cm³/mol. The van der Waals surface area contributed by atoms with Gasteiger partial charge in [-0.25, -0.2) is 0 Å². The second-order valence-corrected chi connectivity index (χ2v) is 13.1. The van der Waals surface area contributed by atoms with Crippen molar-refractivity contribution in [2.75, 3.05) is 13.7 Å². The number of carboxylic acids is 1. The molecule has 4 fully saturated rings. The van der Waals surface area contributed by atoms with E-state index in [2.05, 4.69) is 23.6 Å². The molecule has 0 aliphatic heterocycles. The van der Waals surface area contributed by atoms with Crippen molar-refractivity contribution in [3.8, 4) is 17.6 Å². The highest BCUT2D eigenvalue weighted by molar-refractivity contribution is 5.98. The minimum atomic E-state index is -0.808. The van der Waals surface area contributed by atoms with Crippen LogP contribution in [0.5, 0.6) is 11.5 Å². The number of fused-ring (bicyclic) bond motifs is 2. The normalized spacial score (nSPS) is 31.9. The lowest BCUT2D eigenvalue weighted by Gasteiger charge is -2.39. The molecule has 0 aromatic heterocycles. The molecule has 1 aromatic rings. The third-order valence-electron chi connectivity index (χ3n) is 10.3. The van der Waals surface area contributed by atoms with Crippen molar-refractivity contribution < 1.29 is 29.0 Å². The minimum absolute atomic E-state index is 0.0344. The molecule has 0 saturated heterocycles. The maximum absolute atomic E-state index is 13.7. The molecule has 2 bridgehead atoms. The van der Waals surface area contributed by atoms with Crippen LogP contribution < -0.4 is 20.1 Å². The van der Waals surface area contributed by atoms with Crippen molar-refractivity contribution in [2.45, 2.75) is 90.2 Å². The lowest BCUT2D eigenvalue weighted by atomic mass is 9.70. The zero-order chi connectivity index (χ0) is 28.7. The van der Waals surface area contributed by atoms with Crippen LogP contribution in [-0.4, -0.2) is 48.7 Å². The molecule has 216 valence electrons. The number of nitrogens with one attached hydrogen (secondary N) is 2. The van der Waals surface area contributed by atoms with Gasteiger partial charge in [-0.05, 0) is 88.0 Å². The molecule has 5 rings (SSSR count). The zero-order valence-corrected chi connectivity index (χ0v) is 23.8. The number of rotatable bonds is 9. The number of nitriles is 1. The molecular formula is C31H41N3O6. The van der Waals surface area contributed by atoms with Crippen molar-refractivity contribution in [1.29, 1.82) is 5.26 Å². The first kappa shape index (κ1) is 28.3. The van der Waals surface area contributed by atoms with E-state index in [1.54, 1.807) is 13.0 Å². The van der Waals surface area contributed by atoms with Gasteiger partial charge in [-0.2, -0.15) is 5.26 Å². The van der Waals surface area contributed by atoms with Crippen molar-refractivity contribution in [3.05, 3.63) is 23.3 Å². The van der Waals surface area contributed by atoms with Gasteiger partial charge >= 0.3 is 5.97 Å². The Morgan fingerprint density at radius 1 is 1.05 bits per heavy atom. The lowest BCUT2D eigenvalue weighted by molar-refractivity contribution is -0.150. The molecule has 1 aromatic carbocycles. The highest BCUT2D eigenvalue weighted by Gasteiger charge is 2.51. The molecule has 0 radical (unpaired) electrons. The summed E-state index contributed by atoms with van der Waals surface area (Å²) in [5.74, 6) is -0.293. The Labute approximate surface area is 236 Å². The molecule has 0 spiro atoms. The van der Waals surface area contributed by atoms with Crippen molar-refractivity contribution in [1.82, 2.24) is 10.6 Å². The Hall–Kier alpha value is -3.28. The van der Waals surface area contributed by atoms with Gasteiger partial charge in [-0.3, -0.25) is 14.4 Å². The van der Waals surface area contributed by atoms with Gasteiger partial charge in [-0.1, -0.05) is 13.3 Å². The second-order valence-electron chi connectivity index (χ2n) is 13.1. The number of hydrogen-bond donors (Lipinski definition) is 3. The number of benzene rings is 1. The number of hydrogen-bond acceptors (Lipinski definition) is 6. The Morgan fingerprint density at radius 2 is 1.75 bits per heavy atom. The van der Waals surface area contributed by atoms with Crippen molar-refractivity contribution in [2.24, 2.45) is 28.6 Å². The number of methoxy groups -OCH3 is 1. The van der Waals surface area contributed by atoms with Gasteiger partial charge in [0.25, 0.3) is 5.91 Å². The van der Waals surface area contributed by atoms with Crippen LogP contribution in [0.2, 0.25) is 0 Å². The summed E-state index contributed by atoms with van der Waals surface area (Å²) in [5, 5.41) is 25.7. The summed E-state index contributed by atoms with van der Waals surface area (Å²) < 4.78 is 11.7. The van der Waals surface area contributed by atoms with Crippen LogP contribution in [0.15, 0.2) is 12.1 Å². The van der Waals surface area contributed by atoms with Gasteiger partial charge < -0.3 is 25.2 Å². The van der Waals surface area contributed by atoms with Gasteiger partial charge in [-0.15, -0.1) is 0 Å². The van der Waals surface area contributed by atoms with E-state index in [1.807, 2.05) is 0 Å². The van der Waals surface area contributed by atoms with Crippen LogP contribution in [0.1, 0.15) is 94.0 Å². The van der Waals surface area contributed by atoms with E-state index < -0.39 is 11.4 Å². The number of carbonyl (C=O) groups excluding carboxylic acids is 2. The van der Waals surface area contributed by atoms with E-state index in [0.717, 1.165) is 32.1 Å². The first-order valence-corrected chi connectivity index (χ1v) is 14.7. The monoisotopic (exact) mass is 551 g/mol. The standard InChI is InChI=1S/C31H41N3O6/c1-30(9-4-10-30)17-33-28(36)25-18-5-6-19(13-18)26(25)34-27(35)22-15-23(20(16-32)14-24(22)39-3)40-21-7-11-31(2,12-8-21)29(37)38/h14-15,18-19,21,25-26H,4-13,17H2,1-3H3,(H,33,36)(H,34,35)(H,37,38)/t18-,19+,21?,25+,26-,31?/m1/s1. The molecule has 9 nitrogen and oxygen atoms in total. The third-order valence-corrected chi connectivity index (χ3v) is 10.3. The average molecular weight is 552 g/mol. The summed E-state index contributed by atoms with van der Waals surface area (Å²) in [6, 6.07) is 4.94. The van der Waals surface area contributed by atoms with Crippen LogP contribution in [0.3, 0.4) is 0 Å². The topological polar surface area (TPSA) is 138 Å². The van der Waals surface area contributed by atoms with Gasteiger partial charge in [0.15, 0.2) is 0 Å². The summed E-state index contributed by atoms with van der Waals surface area (Å²) in [4.78, 5) is 38.6. The minimum Gasteiger partial charge on any atom is -0.496 e. The van der Waals surface area contributed by atoms with E-state index in [0.29, 0.717) is 32.2 Å². The summed E-state index contributed by atoms with van der Waals surface area (Å²) >= 11 is 0. The lowest BCUT2D eigenvalue weighted by Crippen LogP contribution is -2.51. The van der Waals surface area contributed by atoms with E-state index >= 15 is 0 Å². The molecular weight excluding hydrogens is 510 g/mol. The number of nitrogens with zero attached hydrogens (tertiary/aromatic N) is 1. The molecule has 4 saturated carbocycles. The first-order chi connectivity index (χ1) is 19.1. The third kappa shape index (κ3) is 5.37. The maximum atomic E-state index is 13.7. The highest BCUT2D eigenvalue weighted by atomic mass is 16.5. The van der Waals surface area contributed by atoms with E-state index in [9.17, 15) is 24.8 Å². The SMILES string of the molecule is COc1cc(C#N)c(OC2CCC(C)(C(=O)O)CC2)cc1C(=O)N[C@@H]1[C@H]2CC[C@H](C2)[C@@H]1C(=O)NCC1(C)CCC1. The number of ether oxygens (including phenoxy) is 2. The van der Waals surface area contributed by atoms with E-state index in [1.165, 1.54) is 19.6 Å². The highest BCUT2D eigenvalue weighted by Crippen LogP contribution is 2.49. The zero-order valence-electron chi connectivity index (χ0n) is 23.8. The van der Waals surface area contributed by atoms with Crippen molar-refractivity contribution >= 4 is 17.8 Å². The molecule has 2 amide bonds. The van der Waals surface area contributed by atoms with Gasteiger partial charge in [0.2, 0.25) is 5.91 Å². The van der Waals surface area contributed by atoms with Gasteiger partial charge in [0.05, 0.1) is 35.7 Å². The molecule has 4 aliphatic carbocycles. The largest absolute Gasteiger partial charge is 0.496 e. The van der Waals surface area contributed by atoms with Gasteiger partial charge in [0.1, 0.15) is 17.6 Å². The Morgan fingerprint density at radius 3 is 2.35 bits per heavy atom. The number of amides is 2. The quantitative estimate of drug-likeness (QED) is 0.413. The number of carbonyl (C=O) groups is 3. The van der Waals surface area contributed by atoms with E-state index in [-0.39, 0.29) is 69.8 Å². The van der Waals surface area contributed by atoms with Crippen LogP contribution in [0.25, 0.3) is 0 Å². The smallest absolute Gasteiger partial charge is 0.309 e. The van der Waals surface area contributed by atoms with Crippen LogP contribution in [-0.2, 0) is 9.59 Å². The molecule has 0 unspecified atom stereocenters. The molecule has 4 aliphatic rings. The average Bonchev–Trinajstić information content (AvgIpc) is 3.53. The fourth-order valence-corrected chi connectivity index (χ4v) is 7.31.